The van der Waals surface area contributed by atoms with Gasteiger partial charge in [-0.3, -0.25) is 4.98 Å². The maximum atomic E-state index is 4.25. The highest BCUT2D eigenvalue weighted by molar-refractivity contribution is 9.10. The quantitative estimate of drug-likeness (QED) is 0.831. The van der Waals surface area contributed by atoms with Crippen molar-refractivity contribution in [2.24, 2.45) is 0 Å². The number of aromatic nitrogens is 1. The maximum absolute atomic E-state index is 4.25. The van der Waals surface area contributed by atoms with E-state index in [1.807, 2.05) is 12.4 Å². The second kappa shape index (κ2) is 3.04. The van der Waals surface area contributed by atoms with Crippen LogP contribution in [0, 0.1) is 0 Å². The van der Waals surface area contributed by atoms with Crippen LogP contribution in [0.1, 0.15) is 30.7 Å². The average Bonchev–Trinajstić information content (AvgIpc) is 2.78. The van der Waals surface area contributed by atoms with Gasteiger partial charge in [-0.1, -0.05) is 0 Å². The first-order valence-corrected chi connectivity index (χ1v) is 5.95. The second-order valence-electron chi connectivity index (χ2n) is 4.36. The van der Waals surface area contributed by atoms with E-state index in [9.17, 15) is 0 Å². The van der Waals surface area contributed by atoms with Crippen molar-refractivity contribution in [2.45, 2.75) is 30.7 Å². The van der Waals surface area contributed by atoms with Crippen molar-refractivity contribution in [1.29, 1.82) is 0 Å². The van der Waals surface area contributed by atoms with Gasteiger partial charge >= 0.3 is 0 Å². The summed E-state index contributed by atoms with van der Waals surface area (Å²) in [6.07, 6.45) is 7.81. The molecule has 0 aromatic carbocycles. The third kappa shape index (κ3) is 1.30. The fourth-order valence-corrected chi connectivity index (χ4v) is 3.01. The largest absolute Gasteiger partial charge is 0.311 e. The van der Waals surface area contributed by atoms with Gasteiger partial charge in [0.1, 0.15) is 0 Å². The maximum Gasteiger partial charge on any atom is 0.0410 e. The lowest BCUT2D eigenvalue weighted by atomic mass is 9.91. The minimum Gasteiger partial charge on any atom is -0.311 e. The van der Waals surface area contributed by atoms with Crippen LogP contribution in [0.4, 0.5) is 0 Å². The molecular weight excluding hydrogens is 240 g/mol. The molecule has 1 aromatic heterocycles. The molecule has 1 atom stereocenters. The standard InChI is InChI=1S/C11H13BrN2/c12-9-5-8(6-13-7-9)10-1-4-14-11(10)2-3-11/h5-7,10,14H,1-4H2. The Morgan fingerprint density at radius 1 is 1.43 bits per heavy atom. The van der Waals surface area contributed by atoms with Crippen LogP contribution >= 0.6 is 15.9 Å². The molecule has 2 fully saturated rings. The van der Waals surface area contributed by atoms with Gasteiger partial charge in [-0.2, -0.15) is 0 Å². The Labute approximate surface area is 92.2 Å². The van der Waals surface area contributed by atoms with Crippen LogP contribution in [0.15, 0.2) is 22.9 Å². The molecule has 1 saturated carbocycles. The van der Waals surface area contributed by atoms with Crippen LogP contribution in [-0.4, -0.2) is 17.1 Å². The minimum absolute atomic E-state index is 0.447. The first kappa shape index (κ1) is 8.86. The molecule has 2 heterocycles. The molecule has 2 nitrogen and oxygen atoms in total. The lowest BCUT2D eigenvalue weighted by molar-refractivity contribution is 0.534. The van der Waals surface area contributed by atoms with Gasteiger partial charge in [0, 0.05) is 28.3 Å². The predicted octanol–water partition coefficient (Wildman–Crippen LogP) is 2.45. The summed E-state index contributed by atoms with van der Waals surface area (Å²) in [5.74, 6) is 0.687. The minimum atomic E-state index is 0.447. The van der Waals surface area contributed by atoms with E-state index in [1.54, 1.807) is 0 Å². The summed E-state index contributed by atoms with van der Waals surface area (Å²) in [7, 11) is 0. The fourth-order valence-electron chi connectivity index (χ4n) is 2.63. The molecule has 1 aliphatic heterocycles. The molecule has 1 aromatic rings. The monoisotopic (exact) mass is 252 g/mol. The highest BCUT2D eigenvalue weighted by Gasteiger charge is 2.52. The van der Waals surface area contributed by atoms with Gasteiger partial charge in [0.25, 0.3) is 0 Å². The zero-order valence-corrected chi connectivity index (χ0v) is 9.55. The molecule has 74 valence electrons. The van der Waals surface area contributed by atoms with Crippen molar-refractivity contribution < 1.29 is 0 Å². The Morgan fingerprint density at radius 3 is 3.00 bits per heavy atom. The van der Waals surface area contributed by atoms with Crippen LogP contribution in [0.5, 0.6) is 0 Å². The molecule has 3 heteroatoms. The Balaban J connectivity index is 1.95. The van der Waals surface area contributed by atoms with Crippen molar-refractivity contribution in [1.82, 2.24) is 10.3 Å². The van der Waals surface area contributed by atoms with Crippen molar-refractivity contribution in [3.8, 4) is 0 Å². The lowest BCUT2D eigenvalue weighted by Crippen LogP contribution is -2.27. The van der Waals surface area contributed by atoms with Gasteiger partial charge in [0.05, 0.1) is 0 Å². The van der Waals surface area contributed by atoms with Crippen LogP contribution in [-0.2, 0) is 0 Å². The number of hydrogen-bond acceptors (Lipinski definition) is 2. The first-order chi connectivity index (χ1) is 6.80. The molecule has 3 rings (SSSR count). The molecule has 2 aliphatic rings. The van der Waals surface area contributed by atoms with E-state index in [0.29, 0.717) is 11.5 Å². The Morgan fingerprint density at radius 2 is 2.29 bits per heavy atom. The molecule has 0 amide bonds. The van der Waals surface area contributed by atoms with Crippen LogP contribution in [0.2, 0.25) is 0 Å². The fraction of sp³-hybridized carbons (Fsp3) is 0.545. The SMILES string of the molecule is Brc1cncc(C2CCNC23CC3)c1. The van der Waals surface area contributed by atoms with Gasteiger partial charge in [-0.25, -0.2) is 0 Å². The van der Waals surface area contributed by atoms with Gasteiger partial charge in [0.2, 0.25) is 0 Å². The Kier molecular flexibility index (Phi) is 1.92. The molecule has 1 spiro atoms. The molecule has 1 unspecified atom stereocenters. The van der Waals surface area contributed by atoms with Gasteiger partial charge in [-0.15, -0.1) is 0 Å². The summed E-state index contributed by atoms with van der Waals surface area (Å²) >= 11 is 3.48. The van der Waals surface area contributed by atoms with Crippen LogP contribution in [0.25, 0.3) is 0 Å². The van der Waals surface area contributed by atoms with Gasteiger partial charge in [-0.05, 0) is 53.4 Å². The molecule has 14 heavy (non-hydrogen) atoms. The highest BCUT2D eigenvalue weighted by Crippen LogP contribution is 2.51. The number of rotatable bonds is 1. The third-order valence-corrected chi connectivity index (χ3v) is 3.93. The number of pyridine rings is 1. The molecule has 1 aliphatic carbocycles. The first-order valence-electron chi connectivity index (χ1n) is 5.16. The summed E-state index contributed by atoms with van der Waals surface area (Å²) in [5, 5.41) is 3.63. The number of nitrogens with zero attached hydrogens (tertiary/aromatic N) is 1. The zero-order chi connectivity index (χ0) is 9.60. The average molecular weight is 253 g/mol. The van der Waals surface area contributed by atoms with Crippen molar-refractivity contribution >= 4 is 15.9 Å². The second-order valence-corrected chi connectivity index (χ2v) is 5.28. The molecule has 1 N–H and O–H groups in total. The molecular formula is C11H13BrN2. The Bertz CT molecular complexity index is 360. The van der Waals surface area contributed by atoms with Crippen LogP contribution < -0.4 is 5.32 Å². The van der Waals surface area contributed by atoms with E-state index in [4.69, 9.17) is 0 Å². The molecule has 0 radical (unpaired) electrons. The molecule has 0 bridgehead atoms. The van der Waals surface area contributed by atoms with E-state index >= 15 is 0 Å². The normalized spacial score (nSPS) is 28.2. The van der Waals surface area contributed by atoms with E-state index < -0.39 is 0 Å². The summed E-state index contributed by atoms with van der Waals surface area (Å²) in [6, 6.07) is 2.21. The van der Waals surface area contributed by atoms with E-state index in [2.05, 4.69) is 32.3 Å². The summed E-state index contributed by atoms with van der Waals surface area (Å²) in [6.45, 7) is 1.16. The van der Waals surface area contributed by atoms with Crippen molar-refractivity contribution in [3.05, 3.63) is 28.5 Å². The molecule has 1 saturated heterocycles. The van der Waals surface area contributed by atoms with E-state index in [0.717, 1.165) is 11.0 Å². The van der Waals surface area contributed by atoms with Crippen molar-refractivity contribution in [3.63, 3.8) is 0 Å². The highest BCUT2D eigenvalue weighted by atomic mass is 79.9. The smallest absolute Gasteiger partial charge is 0.0410 e. The number of nitrogens with one attached hydrogen (secondary N) is 1. The van der Waals surface area contributed by atoms with E-state index in [-0.39, 0.29) is 0 Å². The number of halogens is 1. The summed E-state index contributed by atoms with van der Waals surface area (Å²) in [4.78, 5) is 4.25. The zero-order valence-electron chi connectivity index (χ0n) is 7.96. The third-order valence-electron chi connectivity index (χ3n) is 3.49. The lowest BCUT2D eigenvalue weighted by Gasteiger charge is -2.18. The van der Waals surface area contributed by atoms with Gasteiger partial charge in [0.15, 0.2) is 0 Å². The van der Waals surface area contributed by atoms with Crippen LogP contribution in [0.3, 0.4) is 0 Å². The van der Waals surface area contributed by atoms with Gasteiger partial charge < -0.3 is 5.32 Å². The van der Waals surface area contributed by atoms with Crippen molar-refractivity contribution in [2.75, 3.05) is 6.54 Å². The summed E-state index contributed by atoms with van der Waals surface area (Å²) < 4.78 is 1.10. The Hall–Kier alpha value is -0.410. The predicted molar refractivity (Wildman–Crippen MR) is 59.3 cm³/mol. The number of hydrogen-bond donors (Lipinski definition) is 1. The van der Waals surface area contributed by atoms with E-state index in [1.165, 1.54) is 24.8 Å². The topological polar surface area (TPSA) is 24.9 Å². The summed E-state index contributed by atoms with van der Waals surface area (Å²) in [5.41, 5.74) is 1.84.